The molecule has 1 aliphatic heterocycles. The zero-order chi connectivity index (χ0) is 20.9. The quantitative estimate of drug-likeness (QED) is 0.571. The predicted molar refractivity (Wildman–Crippen MR) is 114 cm³/mol. The fourth-order valence-electron chi connectivity index (χ4n) is 3.27. The standard InChI is InChI=1S/C23H28ClNO4/c1-23(2,3)29-22(26)15-25-14-4-5-18(25)16-27-19-10-12-21(13-11-19)28-20-8-6-17(24)7-9-20/h6-13,18H,4-5,14-16H2,1-3H3/t18-/m1/s1. The average Bonchev–Trinajstić information content (AvgIpc) is 3.08. The van der Waals surface area contributed by atoms with Crippen LogP contribution in [0.3, 0.4) is 0 Å². The number of rotatable bonds is 7. The van der Waals surface area contributed by atoms with Gasteiger partial charge in [-0.2, -0.15) is 0 Å². The first-order valence-electron chi connectivity index (χ1n) is 9.91. The Morgan fingerprint density at radius 2 is 1.62 bits per heavy atom. The van der Waals surface area contributed by atoms with E-state index in [4.69, 9.17) is 25.8 Å². The van der Waals surface area contributed by atoms with Gasteiger partial charge in [0.15, 0.2) is 0 Å². The molecule has 0 bridgehead atoms. The molecule has 0 amide bonds. The average molecular weight is 418 g/mol. The van der Waals surface area contributed by atoms with Crippen LogP contribution in [-0.2, 0) is 9.53 Å². The molecule has 1 atom stereocenters. The SMILES string of the molecule is CC(C)(C)OC(=O)CN1CCC[C@@H]1COc1ccc(Oc2ccc(Cl)cc2)cc1. The Hall–Kier alpha value is -2.24. The second-order valence-electron chi connectivity index (χ2n) is 8.19. The molecule has 29 heavy (non-hydrogen) atoms. The summed E-state index contributed by atoms with van der Waals surface area (Å²) >= 11 is 5.89. The van der Waals surface area contributed by atoms with Gasteiger partial charge in [0.05, 0.1) is 6.54 Å². The number of ether oxygens (including phenoxy) is 3. The molecule has 2 aromatic carbocycles. The van der Waals surface area contributed by atoms with Crippen molar-refractivity contribution in [3.05, 3.63) is 53.6 Å². The minimum Gasteiger partial charge on any atom is -0.492 e. The van der Waals surface area contributed by atoms with Crippen LogP contribution in [0.4, 0.5) is 0 Å². The van der Waals surface area contributed by atoms with Crippen molar-refractivity contribution >= 4 is 17.6 Å². The highest BCUT2D eigenvalue weighted by Crippen LogP contribution is 2.26. The second-order valence-corrected chi connectivity index (χ2v) is 8.63. The summed E-state index contributed by atoms with van der Waals surface area (Å²) in [6.07, 6.45) is 2.07. The highest BCUT2D eigenvalue weighted by Gasteiger charge is 2.28. The van der Waals surface area contributed by atoms with E-state index in [0.717, 1.165) is 36.6 Å². The number of esters is 1. The molecule has 0 saturated carbocycles. The lowest BCUT2D eigenvalue weighted by Gasteiger charge is -2.26. The fourth-order valence-corrected chi connectivity index (χ4v) is 3.39. The van der Waals surface area contributed by atoms with Crippen LogP contribution in [0.25, 0.3) is 0 Å². The van der Waals surface area contributed by atoms with Crippen LogP contribution < -0.4 is 9.47 Å². The molecular formula is C23H28ClNO4. The van der Waals surface area contributed by atoms with Crippen molar-refractivity contribution in [1.82, 2.24) is 4.90 Å². The number of carbonyl (C=O) groups excluding carboxylic acids is 1. The molecule has 0 radical (unpaired) electrons. The maximum absolute atomic E-state index is 12.1. The van der Waals surface area contributed by atoms with Gasteiger partial charge in [0.25, 0.3) is 0 Å². The monoisotopic (exact) mass is 417 g/mol. The van der Waals surface area contributed by atoms with Gasteiger partial charge in [-0.05, 0) is 88.7 Å². The molecule has 3 rings (SSSR count). The summed E-state index contributed by atoms with van der Waals surface area (Å²) in [5, 5.41) is 0.675. The molecule has 1 heterocycles. The number of nitrogens with zero attached hydrogens (tertiary/aromatic N) is 1. The Morgan fingerprint density at radius 3 is 2.24 bits per heavy atom. The number of carbonyl (C=O) groups is 1. The molecule has 5 nitrogen and oxygen atoms in total. The van der Waals surface area contributed by atoms with Gasteiger partial charge in [-0.25, -0.2) is 0 Å². The molecule has 0 aromatic heterocycles. The minimum absolute atomic E-state index is 0.187. The van der Waals surface area contributed by atoms with E-state index in [1.165, 1.54) is 0 Å². The Balaban J connectivity index is 1.48. The van der Waals surface area contributed by atoms with E-state index >= 15 is 0 Å². The van der Waals surface area contributed by atoms with Gasteiger partial charge in [0.1, 0.15) is 29.5 Å². The van der Waals surface area contributed by atoms with E-state index < -0.39 is 5.60 Å². The summed E-state index contributed by atoms with van der Waals surface area (Å²) in [5.74, 6) is 2.05. The van der Waals surface area contributed by atoms with E-state index in [-0.39, 0.29) is 12.0 Å². The molecular weight excluding hydrogens is 390 g/mol. The molecule has 6 heteroatoms. The summed E-state index contributed by atoms with van der Waals surface area (Å²) < 4.78 is 17.2. The first-order chi connectivity index (χ1) is 13.8. The van der Waals surface area contributed by atoms with Gasteiger partial charge in [0, 0.05) is 11.1 Å². The van der Waals surface area contributed by atoms with Gasteiger partial charge >= 0.3 is 5.97 Å². The van der Waals surface area contributed by atoms with E-state index in [1.807, 2.05) is 57.2 Å². The van der Waals surface area contributed by atoms with Crippen molar-refractivity contribution < 1.29 is 19.0 Å². The van der Waals surface area contributed by atoms with Crippen molar-refractivity contribution in [3.8, 4) is 17.2 Å². The lowest BCUT2D eigenvalue weighted by atomic mass is 10.2. The number of halogens is 1. The van der Waals surface area contributed by atoms with Crippen molar-refractivity contribution in [2.24, 2.45) is 0 Å². The number of hydrogen-bond acceptors (Lipinski definition) is 5. The summed E-state index contributed by atoms with van der Waals surface area (Å²) in [6.45, 7) is 7.39. The van der Waals surface area contributed by atoms with Crippen LogP contribution in [0.15, 0.2) is 48.5 Å². The summed E-state index contributed by atoms with van der Waals surface area (Å²) in [7, 11) is 0. The maximum Gasteiger partial charge on any atom is 0.320 e. The molecule has 0 unspecified atom stereocenters. The summed E-state index contributed by atoms with van der Waals surface area (Å²) in [6, 6.07) is 15.0. The van der Waals surface area contributed by atoms with E-state index in [2.05, 4.69) is 4.90 Å². The van der Waals surface area contributed by atoms with Crippen LogP contribution in [0.5, 0.6) is 17.2 Å². The first kappa shape index (κ1) is 21.5. The minimum atomic E-state index is -0.460. The Morgan fingerprint density at radius 1 is 1.03 bits per heavy atom. The summed E-state index contributed by atoms with van der Waals surface area (Å²) in [4.78, 5) is 14.3. The van der Waals surface area contributed by atoms with Gasteiger partial charge < -0.3 is 14.2 Å². The van der Waals surface area contributed by atoms with Crippen LogP contribution in [0.2, 0.25) is 5.02 Å². The molecule has 156 valence electrons. The number of benzene rings is 2. The first-order valence-corrected chi connectivity index (χ1v) is 10.3. The molecule has 1 saturated heterocycles. The van der Waals surface area contributed by atoms with Gasteiger partial charge in [0.2, 0.25) is 0 Å². The van der Waals surface area contributed by atoms with Crippen LogP contribution in [-0.4, -0.2) is 42.2 Å². The molecule has 1 fully saturated rings. The topological polar surface area (TPSA) is 48.0 Å². The van der Waals surface area contributed by atoms with E-state index in [0.29, 0.717) is 18.2 Å². The van der Waals surface area contributed by atoms with Gasteiger partial charge in [-0.15, -0.1) is 0 Å². The predicted octanol–water partition coefficient (Wildman–Crippen LogP) is 5.32. The Kier molecular flexibility index (Phi) is 7.04. The lowest BCUT2D eigenvalue weighted by molar-refractivity contribution is -0.156. The van der Waals surface area contributed by atoms with Crippen molar-refractivity contribution in [1.29, 1.82) is 0 Å². The third-order valence-electron chi connectivity index (χ3n) is 4.57. The van der Waals surface area contributed by atoms with Crippen LogP contribution in [0, 0.1) is 0 Å². The van der Waals surface area contributed by atoms with Gasteiger partial charge in [-0.1, -0.05) is 11.6 Å². The highest BCUT2D eigenvalue weighted by atomic mass is 35.5. The fraction of sp³-hybridized carbons (Fsp3) is 0.435. The van der Waals surface area contributed by atoms with Gasteiger partial charge in [-0.3, -0.25) is 9.69 Å². The lowest BCUT2D eigenvalue weighted by Crippen LogP contribution is -2.40. The third-order valence-corrected chi connectivity index (χ3v) is 4.82. The summed E-state index contributed by atoms with van der Waals surface area (Å²) in [5.41, 5.74) is -0.460. The number of likely N-dealkylation sites (tertiary alicyclic amines) is 1. The molecule has 2 aromatic rings. The smallest absolute Gasteiger partial charge is 0.320 e. The second kappa shape index (κ2) is 9.51. The molecule has 0 spiro atoms. The van der Waals surface area contributed by atoms with Crippen molar-refractivity contribution in [3.63, 3.8) is 0 Å². The van der Waals surface area contributed by atoms with Crippen LogP contribution >= 0.6 is 11.6 Å². The highest BCUT2D eigenvalue weighted by molar-refractivity contribution is 6.30. The maximum atomic E-state index is 12.1. The van der Waals surface area contributed by atoms with Crippen LogP contribution in [0.1, 0.15) is 33.6 Å². The van der Waals surface area contributed by atoms with Crippen molar-refractivity contribution in [2.45, 2.75) is 45.3 Å². The molecule has 0 N–H and O–H groups in total. The third kappa shape index (κ3) is 6.94. The van der Waals surface area contributed by atoms with E-state index in [1.54, 1.807) is 12.1 Å². The molecule has 0 aliphatic carbocycles. The van der Waals surface area contributed by atoms with E-state index in [9.17, 15) is 4.79 Å². The number of hydrogen-bond donors (Lipinski definition) is 0. The zero-order valence-corrected chi connectivity index (χ0v) is 17.9. The zero-order valence-electron chi connectivity index (χ0n) is 17.2. The normalized spacial score (nSPS) is 17.2. The Bertz CT molecular complexity index is 799. The Labute approximate surface area is 177 Å². The largest absolute Gasteiger partial charge is 0.492 e. The van der Waals surface area contributed by atoms with Crippen molar-refractivity contribution in [2.75, 3.05) is 19.7 Å². The molecule has 1 aliphatic rings.